The van der Waals surface area contributed by atoms with E-state index < -0.39 is 0 Å². The van der Waals surface area contributed by atoms with Crippen LogP contribution in [0, 0.1) is 11.8 Å². The van der Waals surface area contributed by atoms with Crippen LogP contribution < -0.4 is 5.32 Å². The molecule has 3 rings (SSSR count). The van der Waals surface area contributed by atoms with Gasteiger partial charge in [0.1, 0.15) is 0 Å². The van der Waals surface area contributed by atoms with Crippen molar-refractivity contribution in [1.29, 1.82) is 0 Å². The minimum Gasteiger partial charge on any atom is -0.356 e. The fraction of sp³-hybridized carbons (Fsp3) is 0.857. The maximum Gasteiger partial charge on any atom is 0.225 e. The molecular weight excluding hydrogens is 228 g/mol. The van der Waals surface area contributed by atoms with E-state index in [1.54, 1.807) is 0 Å². The molecule has 2 aliphatic carbocycles. The maximum atomic E-state index is 12.0. The molecule has 4 heteroatoms. The Hall–Kier alpha value is -1.06. The molecule has 0 bridgehead atoms. The van der Waals surface area contributed by atoms with E-state index in [4.69, 9.17) is 0 Å². The zero-order chi connectivity index (χ0) is 12.5. The molecule has 2 amide bonds. The van der Waals surface area contributed by atoms with Crippen LogP contribution in [-0.2, 0) is 9.59 Å². The Morgan fingerprint density at radius 1 is 1.22 bits per heavy atom. The SMILES string of the molecule is O=C(NCC1CC1)[C@@H]1CC(=O)N(C2CCCC2)C1. The van der Waals surface area contributed by atoms with E-state index in [1.165, 1.54) is 25.7 Å². The van der Waals surface area contributed by atoms with Crippen molar-refractivity contribution >= 4 is 11.8 Å². The van der Waals surface area contributed by atoms with Crippen LogP contribution in [0.25, 0.3) is 0 Å². The standard InChI is InChI=1S/C14H22N2O2/c17-13-7-11(14(18)15-8-10-5-6-10)9-16(13)12-3-1-2-4-12/h10-12H,1-9H2,(H,15,18)/t11-/m1/s1. The van der Waals surface area contributed by atoms with Gasteiger partial charge < -0.3 is 10.2 Å². The molecule has 0 aromatic rings. The third kappa shape index (κ3) is 2.52. The van der Waals surface area contributed by atoms with Gasteiger partial charge in [0.15, 0.2) is 0 Å². The summed E-state index contributed by atoms with van der Waals surface area (Å²) >= 11 is 0. The highest BCUT2D eigenvalue weighted by molar-refractivity contribution is 5.89. The van der Waals surface area contributed by atoms with Gasteiger partial charge in [0, 0.05) is 25.6 Å². The van der Waals surface area contributed by atoms with Crippen LogP contribution in [0.2, 0.25) is 0 Å². The van der Waals surface area contributed by atoms with E-state index in [1.807, 2.05) is 4.90 Å². The average molecular weight is 250 g/mol. The largest absolute Gasteiger partial charge is 0.356 e. The first-order valence-electron chi connectivity index (χ1n) is 7.31. The summed E-state index contributed by atoms with van der Waals surface area (Å²) in [5.41, 5.74) is 0. The molecule has 0 unspecified atom stereocenters. The van der Waals surface area contributed by atoms with Crippen LogP contribution in [0.5, 0.6) is 0 Å². The predicted octanol–water partition coefficient (Wildman–Crippen LogP) is 1.30. The monoisotopic (exact) mass is 250 g/mol. The van der Waals surface area contributed by atoms with Crippen molar-refractivity contribution < 1.29 is 9.59 Å². The number of carbonyl (C=O) groups excluding carboxylic acids is 2. The molecular formula is C14H22N2O2. The van der Waals surface area contributed by atoms with Gasteiger partial charge in [0.05, 0.1) is 5.92 Å². The van der Waals surface area contributed by atoms with Crippen LogP contribution >= 0.6 is 0 Å². The predicted molar refractivity (Wildman–Crippen MR) is 67.8 cm³/mol. The number of hydrogen-bond acceptors (Lipinski definition) is 2. The van der Waals surface area contributed by atoms with Crippen molar-refractivity contribution in [2.24, 2.45) is 11.8 Å². The summed E-state index contributed by atoms with van der Waals surface area (Å²) in [5, 5.41) is 3.00. The summed E-state index contributed by atoms with van der Waals surface area (Å²) in [6.45, 7) is 1.47. The quantitative estimate of drug-likeness (QED) is 0.817. The van der Waals surface area contributed by atoms with Gasteiger partial charge >= 0.3 is 0 Å². The zero-order valence-corrected chi connectivity index (χ0v) is 10.9. The summed E-state index contributed by atoms with van der Waals surface area (Å²) < 4.78 is 0. The van der Waals surface area contributed by atoms with Crippen LogP contribution in [0.15, 0.2) is 0 Å². The fourth-order valence-electron chi connectivity index (χ4n) is 3.19. The lowest BCUT2D eigenvalue weighted by Crippen LogP contribution is -2.37. The first-order valence-corrected chi connectivity index (χ1v) is 7.31. The van der Waals surface area contributed by atoms with Gasteiger partial charge in [-0.3, -0.25) is 9.59 Å². The molecule has 100 valence electrons. The lowest BCUT2D eigenvalue weighted by Gasteiger charge is -2.23. The van der Waals surface area contributed by atoms with Gasteiger partial charge in [0.2, 0.25) is 11.8 Å². The first kappa shape index (κ1) is 12.0. The van der Waals surface area contributed by atoms with Crippen LogP contribution in [0.1, 0.15) is 44.9 Å². The van der Waals surface area contributed by atoms with Crippen LogP contribution in [0.3, 0.4) is 0 Å². The van der Waals surface area contributed by atoms with Crippen molar-refractivity contribution in [1.82, 2.24) is 10.2 Å². The third-order valence-electron chi connectivity index (χ3n) is 4.56. The third-order valence-corrected chi connectivity index (χ3v) is 4.56. The molecule has 18 heavy (non-hydrogen) atoms. The Morgan fingerprint density at radius 2 is 1.94 bits per heavy atom. The number of nitrogens with one attached hydrogen (secondary N) is 1. The van der Waals surface area contributed by atoms with E-state index in [0.717, 1.165) is 19.4 Å². The summed E-state index contributed by atoms with van der Waals surface area (Å²) in [6, 6.07) is 0.415. The average Bonchev–Trinajstić information content (AvgIpc) is 2.87. The molecule has 1 saturated heterocycles. The summed E-state index contributed by atoms with van der Waals surface area (Å²) in [6.07, 6.45) is 7.63. The van der Waals surface area contributed by atoms with E-state index in [2.05, 4.69) is 5.32 Å². The number of carbonyl (C=O) groups is 2. The van der Waals surface area contributed by atoms with Gasteiger partial charge in [-0.25, -0.2) is 0 Å². The van der Waals surface area contributed by atoms with Gasteiger partial charge in [-0.05, 0) is 31.6 Å². The number of amides is 2. The number of nitrogens with zero attached hydrogens (tertiary/aromatic N) is 1. The van der Waals surface area contributed by atoms with Crippen molar-refractivity contribution in [3.8, 4) is 0 Å². The summed E-state index contributed by atoms with van der Waals surface area (Å²) in [5.74, 6) is 0.887. The fourth-order valence-corrected chi connectivity index (χ4v) is 3.19. The van der Waals surface area contributed by atoms with Gasteiger partial charge in [-0.15, -0.1) is 0 Å². The van der Waals surface area contributed by atoms with Crippen molar-refractivity contribution in [3.05, 3.63) is 0 Å². The number of likely N-dealkylation sites (tertiary alicyclic amines) is 1. The van der Waals surface area contributed by atoms with E-state index >= 15 is 0 Å². The van der Waals surface area contributed by atoms with Gasteiger partial charge in [0.25, 0.3) is 0 Å². The number of rotatable bonds is 4. The van der Waals surface area contributed by atoms with Crippen molar-refractivity contribution in [2.75, 3.05) is 13.1 Å². The molecule has 3 aliphatic rings. The minimum absolute atomic E-state index is 0.0933. The lowest BCUT2D eigenvalue weighted by molar-refractivity contribution is -0.130. The summed E-state index contributed by atoms with van der Waals surface area (Å²) in [7, 11) is 0. The maximum absolute atomic E-state index is 12.0. The van der Waals surface area contributed by atoms with Crippen molar-refractivity contribution in [2.45, 2.75) is 51.0 Å². The summed E-state index contributed by atoms with van der Waals surface area (Å²) in [4.78, 5) is 25.9. The Balaban J connectivity index is 1.51. The Morgan fingerprint density at radius 3 is 2.61 bits per heavy atom. The highest BCUT2D eigenvalue weighted by Crippen LogP contribution is 2.30. The Labute approximate surface area is 108 Å². The highest BCUT2D eigenvalue weighted by Gasteiger charge is 2.38. The molecule has 0 radical (unpaired) electrons. The molecule has 4 nitrogen and oxygen atoms in total. The van der Waals surface area contributed by atoms with Gasteiger partial charge in [-0.2, -0.15) is 0 Å². The smallest absolute Gasteiger partial charge is 0.225 e. The second kappa shape index (κ2) is 4.90. The molecule has 1 N–H and O–H groups in total. The van der Waals surface area contributed by atoms with Gasteiger partial charge in [-0.1, -0.05) is 12.8 Å². The molecule has 0 aromatic heterocycles. The molecule has 1 atom stereocenters. The number of hydrogen-bond donors (Lipinski definition) is 1. The molecule has 3 fully saturated rings. The van der Waals surface area contributed by atoms with E-state index in [9.17, 15) is 9.59 Å². The first-order chi connectivity index (χ1) is 8.74. The second-order valence-corrected chi connectivity index (χ2v) is 6.07. The lowest BCUT2D eigenvalue weighted by atomic mass is 10.1. The molecule has 0 aromatic carbocycles. The molecule has 0 spiro atoms. The Bertz CT molecular complexity index is 346. The van der Waals surface area contributed by atoms with Crippen molar-refractivity contribution in [3.63, 3.8) is 0 Å². The van der Waals surface area contributed by atoms with Crippen LogP contribution in [0.4, 0.5) is 0 Å². The second-order valence-electron chi connectivity index (χ2n) is 6.07. The molecule has 1 aliphatic heterocycles. The normalized spacial score (nSPS) is 29.0. The zero-order valence-electron chi connectivity index (χ0n) is 10.9. The Kier molecular flexibility index (Phi) is 3.27. The van der Waals surface area contributed by atoms with E-state index in [0.29, 0.717) is 24.9 Å². The molecule has 2 saturated carbocycles. The topological polar surface area (TPSA) is 49.4 Å². The minimum atomic E-state index is -0.100. The molecule has 1 heterocycles. The van der Waals surface area contributed by atoms with E-state index in [-0.39, 0.29) is 17.7 Å². The van der Waals surface area contributed by atoms with Crippen LogP contribution in [-0.4, -0.2) is 35.8 Å². The highest BCUT2D eigenvalue weighted by atomic mass is 16.2.